The normalized spacial score (nSPS) is 27.4. The molecule has 0 unspecified atom stereocenters. The highest BCUT2D eigenvalue weighted by atomic mass is 32.2. The van der Waals surface area contributed by atoms with Crippen molar-refractivity contribution in [3.8, 4) is 0 Å². The summed E-state index contributed by atoms with van der Waals surface area (Å²) in [7, 11) is -3.50. The van der Waals surface area contributed by atoms with Gasteiger partial charge < -0.3 is 0 Å². The lowest BCUT2D eigenvalue weighted by atomic mass is 10.1. The second-order valence-electron chi connectivity index (χ2n) is 3.52. The molecule has 14 heavy (non-hydrogen) atoms. The Labute approximate surface area is 82.4 Å². The molecule has 2 aliphatic heterocycles. The molecule has 5 heteroatoms. The van der Waals surface area contributed by atoms with Crippen LogP contribution >= 0.6 is 0 Å². The Kier molecular flexibility index (Phi) is 1.47. The molecular formula is C9H9NO3S. The third kappa shape index (κ3) is 0.936. The first-order chi connectivity index (χ1) is 6.68. The molecule has 74 valence electrons. The molecule has 0 spiro atoms. The molecule has 0 N–H and O–H groups in total. The van der Waals surface area contributed by atoms with Crippen molar-refractivity contribution < 1.29 is 12.6 Å². The highest BCUT2D eigenvalue weighted by Crippen LogP contribution is 2.38. The van der Waals surface area contributed by atoms with Gasteiger partial charge in [0.25, 0.3) is 0 Å². The van der Waals surface area contributed by atoms with E-state index in [-0.39, 0.29) is 12.6 Å². The maximum atomic E-state index is 11.5. The van der Waals surface area contributed by atoms with Gasteiger partial charge in [0.15, 0.2) is 0 Å². The molecule has 1 saturated heterocycles. The quantitative estimate of drug-likeness (QED) is 0.634. The van der Waals surface area contributed by atoms with E-state index in [0.717, 1.165) is 17.7 Å². The number of rotatable bonds is 0. The van der Waals surface area contributed by atoms with E-state index >= 15 is 0 Å². The monoisotopic (exact) mass is 211 g/mol. The minimum atomic E-state index is -3.50. The molecule has 0 bridgehead atoms. The Morgan fingerprint density at radius 2 is 2.14 bits per heavy atom. The smallest absolute Gasteiger partial charge is 0.251 e. The van der Waals surface area contributed by atoms with Crippen molar-refractivity contribution in [2.45, 2.75) is 12.5 Å². The first kappa shape index (κ1) is 8.26. The van der Waals surface area contributed by atoms with E-state index in [4.69, 9.17) is 4.18 Å². The summed E-state index contributed by atoms with van der Waals surface area (Å²) in [6, 6.07) is 7.52. The number of para-hydroxylation sites is 1. The summed E-state index contributed by atoms with van der Waals surface area (Å²) in [5.41, 5.74) is 1.86. The first-order valence-electron chi connectivity index (χ1n) is 4.45. The van der Waals surface area contributed by atoms with Crippen molar-refractivity contribution in [2.75, 3.05) is 10.9 Å². The summed E-state index contributed by atoms with van der Waals surface area (Å²) in [6.07, 6.45) is 0.759. The first-order valence-corrected chi connectivity index (χ1v) is 5.82. The fourth-order valence-corrected chi connectivity index (χ4v) is 3.45. The SMILES string of the molecule is O=S1(=O)OC[C@@H]2Cc3ccccc3N21. The number of fused-ring (bicyclic) bond motifs is 3. The van der Waals surface area contributed by atoms with E-state index < -0.39 is 10.3 Å². The fraction of sp³-hybridized carbons (Fsp3) is 0.333. The van der Waals surface area contributed by atoms with Gasteiger partial charge in [0.2, 0.25) is 0 Å². The number of hydrogen-bond acceptors (Lipinski definition) is 3. The van der Waals surface area contributed by atoms with Crippen LogP contribution in [0.25, 0.3) is 0 Å². The molecule has 2 heterocycles. The lowest BCUT2D eigenvalue weighted by Gasteiger charge is -2.13. The number of hydrogen-bond donors (Lipinski definition) is 0. The van der Waals surface area contributed by atoms with Gasteiger partial charge in [-0.3, -0.25) is 4.18 Å². The Morgan fingerprint density at radius 3 is 3.00 bits per heavy atom. The molecule has 0 radical (unpaired) electrons. The zero-order valence-electron chi connectivity index (χ0n) is 7.38. The Morgan fingerprint density at radius 1 is 1.36 bits per heavy atom. The van der Waals surface area contributed by atoms with Crippen molar-refractivity contribution in [3.05, 3.63) is 29.8 Å². The van der Waals surface area contributed by atoms with E-state index in [1.165, 1.54) is 4.31 Å². The van der Waals surface area contributed by atoms with Gasteiger partial charge >= 0.3 is 10.3 Å². The average Bonchev–Trinajstić information content (AvgIpc) is 2.65. The van der Waals surface area contributed by atoms with E-state index in [1.807, 2.05) is 24.3 Å². The molecular weight excluding hydrogens is 202 g/mol. The van der Waals surface area contributed by atoms with Gasteiger partial charge in [0, 0.05) is 0 Å². The van der Waals surface area contributed by atoms with Gasteiger partial charge in [-0.2, -0.15) is 8.42 Å². The topological polar surface area (TPSA) is 46.6 Å². The molecule has 0 aliphatic carbocycles. The third-order valence-electron chi connectivity index (χ3n) is 2.67. The molecule has 4 nitrogen and oxygen atoms in total. The summed E-state index contributed by atoms with van der Waals surface area (Å²) in [5.74, 6) is 0. The van der Waals surface area contributed by atoms with Crippen LogP contribution < -0.4 is 4.31 Å². The second kappa shape index (κ2) is 2.49. The van der Waals surface area contributed by atoms with Crippen LogP contribution in [0, 0.1) is 0 Å². The molecule has 1 aromatic rings. The van der Waals surface area contributed by atoms with Gasteiger partial charge in [-0.15, -0.1) is 0 Å². The summed E-state index contributed by atoms with van der Waals surface area (Å²) >= 11 is 0. The van der Waals surface area contributed by atoms with Crippen molar-refractivity contribution >= 4 is 16.0 Å². The van der Waals surface area contributed by atoms with Gasteiger partial charge in [0.1, 0.15) is 0 Å². The van der Waals surface area contributed by atoms with Crippen molar-refractivity contribution in [1.82, 2.24) is 0 Å². The molecule has 0 saturated carbocycles. The fourth-order valence-electron chi connectivity index (χ4n) is 2.08. The van der Waals surface area contributed by atoms with E-state index in [2.05, 4.69) is 0 Å². The van der Waals surface area contributed by atoms with Crippen LogP contribution in [0.2, 0.25) is 0 Å². The Balaban J connectivity index is 2.20. The van der Waals surface area contributed by atoms with Crippen LogP contribution in [0.15, 0.2) is 24.3 Å². The van der Waals surface area contributed by atoms with Gasteiger partial charge in [-0.05, 0) is 18.1 Å². The van der Waals surface area contributed by atoms with Crippen LogP contribution in [0.4, 0.5) is 5.69 Å². The van der Waals surface area contributed by atoms with Gasteiger partial charge in [0.05, 0.1) is 18.3 Å². The van der Waals surface area contributed by atoms with Gasteiger partial charge in [-0.1, -0.05) is 18.2 Å². The average molecular weight is 211 g/mol. The zero-order chi connectivity index (χ0) is 9.76. The summed E-state index contributed by atoms with van der Waals surface area (Å²) in [6.45, 7) is 0.275. The van der Waals surface area contributed by atoms with Crippen LogP contribution in [0.3, 0.4) is 0 Å². The largest absolute Gasteiger partial charge is 0.362 e. The minimum Gasteiger partial charge on any atom is -0.251 e. The maximum Gasteiger partial charge on any atom is 0.362 e. The Hall–Kier alpha value is -1.07. The van der Waals surface area contributed by atoms with Crippen molar-refractivity contribution in [2.24, 2.45) is 0 Å². The third-order valence-corrected chi connectivity index (χ3v) is 4.08. The molecule has 1 atom stereocenters. The predicted molar refractivity (Wildman–Crippen MR) is 51.3 cm³/mol. The number of nitrogens with zero attached hydrogens (tertiary/aromatic N) is 1. The minimum absolute atomic E-state index is 0.0302. The predicted octanol–water partition coefficient (Wildman–Crippen LogP) is 0.693. The number of benzene rings is 1. The van der Waals surface area contributed by atoms with Crippen LogP contribution in [0.1, 0.15) is 5.56 Å². The molecule has 0 aromatic heterocycles. The van der Waals surface area contributed by atoms with Crippen molar-refractivity contribution in [3.63, 3.8) is 0 Å². The molecule has 3 rings (SSSR count). The summed E-state index contributed by atoms with van der Waals surface area (Å²) in [5, 5.41) is 0. The van der Waals surface area contributed by atoms with E-state index in [1.54, 1.807) is 0 Å². The maximum absolute atomic E-state index is 11.5. The van der Waals surface area contributed by atoms with Crippen LogP contribution in [-0.4, -0.2) is 21.1 Å². The number of anilines is 1. The molecule has 0 amide bonds. The van der Waals surface area contributed by atoms with E-state index in [9.17, 15) is 8.42 Å². The summed E-state index contributed by atoms with van der Waals surface area (Å²) in [4.78, 5) is 0. The van der Waals surface area contributed by atoms with E-state index in [0.29, 0.717) is 0 Å². The lowest BCUT2D eigenvalue weighted by molar-refractivity contribution is 0.338. The summed E-state index contributed by atoms with van der Waals surface area (Å²) < 4.78 is 29.2. The standard InChI is InChI=1S/C9H9NO3S/c11-14(12)10-8(6-13-14)5-7-3-1-2-4-9(7)10/h1-4,8H,5-6H2/t8-/m0/s1. The zero-order valence-corrected chi connectivity index (χ0v) is 8.20. The van der Waals surface area contributed by atoms with Crippen LogP contribution in [-0.2, 0) is 20.9 Å². The molecule has 1 aromatic carbocycles. The van der Waals surface area contributed by atoms with Crippen molar-refractivity contribution in [1.29, 1.82) is 0 Å². The molecule has 1 fully saturated rings. The molecule has 2 aliphatic rings. The highest BCUT2D eigenvalue weighted by Gasteiger charge is 2.44. The highest BCUT2D eigenvalue weighted by molar-refractivity contribution is 7.88. The second-order valence-corrected chi connectivity index (χ2v) is 5.01. The lowest BCUT2D eigenvalue weighted by Crippen LogP contribution is -2.29. The Bertz CT molecular complexity index is 483. The van der Waals surface area contributed by atoms with Crippen LogP contribution in [0.5, 0.6) is 0 Å². The van der Waals surface area contributed by atoms with Gasteiger partial charge in [-0.25, -0.2) is 4.31 Å².